The number of carbonyl (C=O) groups excluding carboxylic acids is 1. The van der Waals surface area contributed by atoms with Crippen LogP contribution in [-0.4, -0.2) is 18.4 Å². The number of benzene rings is 2. The largest absolute Gasteiger partial charge is 0.482 e. The Balaban J connectivity index is 1.85. The average Bonchev–Trinajstić information content (AvgIpc) is 2.52. The molecule has 0 aliphatic heterocycles. The minimum Gasteiger partial charge on any atom is -0.482 e. The molecular formula is C16H15ClN2O3. The zero-order valence-electron chi connectivity index (χ0n) is 12.0. The molecule has 6 heteroatoms. The second-order valence-electron chi connectivity index (χ2n) is 4.55. The summed E-state index contributed by atoms with van der Waals surface area (Å²) in [6, 6.07) is 14.0. The quantitative estimate of drug-likeness (QED) is 0.398. The summed E-state index contributed by atoms with van der Waals surface area (Å²) in [5, 5.41) is 4.16. The lowest BCUT2D eigenvalue weighted by atomic mass is 10.2. The fraction of sp³-hybridized carbons (Fsp3) is 0.125. The van der Waals surface area contributed by atoms with Crippen LogP contribution >= 0.6 is 11.6 Å². The van der Waals surface area contributed by atoms with E-state index in [4.69, 9.17) is 26.9 Å². The van der Waals surface area contributed by atoms with Gasteiger partial charge in [-0.1, -0.05) is 34.5 Å². The summed E-state index contributed by atoms with van der Waals surface area (Å²) < 4.78 is 5.27. The first-order valence-electron chi connectivity index (χ1n) is 6.53. The molecule has 2 rings (SSSR count). The maximum Gasteiger partial charge on any atom is 0.372 e. The van der Waals surface area contributed by atoms with E-state index >= 15 is 0 Å². The van der Waals surface area contributed by atoms with Gasteiger partial charge in [0.25, 0.3) is 0 Å². The molecule has 0 radical (unpaired) electrons. The Labute approximate surface area is 133 Å². The van der Waals surface area contributed by atoms with Gasteiger partial charge < -0.3 is 15.3 Å². The predicted octanol–water partition coefficient (Wildman–Crippen LogP) is 2.89. The van der Waals surface area contributed by atoms with Gasteiger partial charge in [0.05, 0.1) is 0 Å². The van der Waals surface area contributed by atoms with E-state index in [1.165, 1.54) is 0 Å². The van der Waals surface area contributed by atoms with Crippen molar-refractivity contribution >= 4 is 23.4 Å². The van der Waals surface area contributed by atoms with Gasteiger partial charge in [-0.15, -0.1) is 0 Å². The van der Waals surface area contributed by atoms with Gasteiger partial charge >= 0.3 is 5.97 Å². The lowest BCUT2D eigenvalue weighted by Crippen LogP contribution is -2.17. The van der Waals surface area contributed by atoms with Crippen LogP contribution < -0.4 is 10.5 Å². The predicted molar refractivity (Wildman–Crippen MR) is 84.9 cm³/mol. The fourth-order valence-corrected chi connectivity index (χ4v) is 1.70. The summed E-state index contributed by atoms with van der Waals surface area (Å²) in [4.78, 5) is 16.2. The van der Waals surface area contributed by atoms with Crippen molar-refractivity contribution < 1.29 is 14.4 Å². The summed E-state index contributed by atoms with van der Waals surface area (Å²) in [7, 11) is 0. The van der Waals surface area contributed by atoms with Crippen molar-refractivity contribution in [1.29, 1.82) is 0 Å². The molecule has 0 aliphatic carbocycles. The minimum atomic E-state index is -0.641. The third kappa shape index (κ3) is 4.79. The molecule has 0 aliphatic rings. The standard InChI is InChI=1S/C16H15ClN2O3/c1-11-2-8-14(9-3-11)21-10-15(20)22-19-16(18)12-4-6-13(17)7-5-12/h2-9H,10H2,1H3,(H2,18,19). The number of nitrogens with two attached hydrogens (primary N) is 1. The topological polar surface area (TPSA) is 73.9 Å². The second-order valence-corrected chi connectivity index (χ2v) is 4.98. The third-order valence-corrected chi connectivity index (χ3v) is 3.02. The van der Waals surface area contributed by atoms with E-state index in [9.17, 15) is 4.79 Å². The monoisotopic (exact) mass is 318 g/mol. The molecule has 0 amide bonds. The maximum absolute atomic E-state index is 11.5. The third-order valence-electron chi connectivity index (χ3n) is 2.76. The van der Waals surface area contributed by atoms with Crippen molar-refractivity contribution in [2.75, 3.05) is 6.61 Å². The van der Waals surface area contributed by atoms with Crippen molar-refractivity contribution in [3.63, 3.8) is 0 Å². The molecule has 0 saturated carbocycles. The highest BCUT2D eigenvalue weighted by Gasteiger charge is 2.06. The van der Waals surface area contributed by atoms with Gasteiger partial charge in [-0.3, -0.25) is 0 Å². The van der Waals surface area contributed by atoms with E-state index < -0.39 is 5.97 Å². The van der Waals surface area contributed by atoms with Gasteiger partial charge in [0, 0.05) is 10.6 Å². The first-order chi connectivity index (χ1) is 10.5. The molecule has 2 N–H and O–H groups in total. The summed E-state index contributed by atoms with van der Waals surface area (Å²) >= 11 is 5.77. The molecule has 0 aromatic heterocycles. The molecule has 2 aromatic carbocycles. The van der Waals surface area contributed by atoms with E-state index in [0.29, 0.717) is 16.3 Å². The van der Waals surface area contributed by atoms with Crippen LogP contribution in [0.4, 0.5) is 0 Å². The van der Waals surface area contributed by atoms with E-state index in [1.54, 1.807) is 36.4 Å². The zero-order valence-corrected chi connectivity index (χ0v) is 12.7. The Hall–Kier alpha value is -2.53. The van der Waals surface area contributed by atoms with Crippen LogP contribution in [0.2, 0.25) is 5.02 Å². The van der Waals surface area contributed by atoms with E-state index in [-0.39, 0.29) is 12.4 Å². The summed E-state index contributed by atoms with van der Waals surface area (Å²) in [6.07, 6.45) is 0. The SMILES string of the molecule is Cc1ccc(OCC(=O)O/N=C(/N)c2ccc(Cl)cc2)cc1. The molecule has 0 heterocycles. The molecule has 0 atom stereocenters. The number of rotatable bonds is 5. The normalized spacial score (nSPS) is 11.1. The number of hydrogen-bond donors (Lipinski definition) is 1. The van der Waals surface area contributed by atoms with Crippen LogP contribution in [0.25, 0.3) is 0 Å². The van der Waals surface area contributed by atoms with Crippen LogP contribution in [0.1, 0.15) is 11.1 Å². The molecule has 0 unspecified atom stereocenters. The second kappa shape index (κ2) is 7.47. The van der Waals surface area contributed by atoms with Crippen molar-refractivity contribution in [2.24, 2.45) is 10.9 Å². The molecule has 0 bridgehead atoms. The number of oxime groups is 1. The van der Waals surface area contributed by atoms with Gasteiger partial charge in [-0.2, -0.15) is 0 Å². The fourth-order valence-electron chi connectivity index (χ4n) is 1.58. The highest BCUT2D eigenvalue weighted by molar-refractivity contribution is 6.30. The van der Waals surface area contributed by atoms with Crippen molar-refractivity contribution in [1.82, 2.24) is 0 Å². The Bertz CT molecular complexity index is 667. The number of amidine groups is 1. The van der Waals surface area contributed by atoms with Crippen LogP contribution in [0, 0.1) is 6.92 Å². The van der Waals surface area contributed by atoms with Crippen molar-refractivity contribution in [3.05, 3.63) is 64.7 Å². The number of hydrogen-bond acceptors (Lipinski definition) is 4. The first-order valence-corrected chi connectivity index (χ1v) is 6.91. The summed E-state index contributed by atoms with van der Waals surface area (Å²) in [6.45, 7) is 1.72. The molecule has 114 valence electrons. The lowest BCUT2D eigenvalue weighted by molar-refractivity contribution is -0.146. The van der Waals surface area contributed by atoms with Gasteiger partial charge in [0.1, 0.15) is 5.75 Å². The van der Waals surface area contributed by atoms with Crippen LogP contribution in [0.3, 0.4) is 0 Å². The van der Waals surface area contributed by atoms with Crippen LogP contribution in [-0.2, 0) is 9.63 Å². The average molecular weight is 319 g/mol. The highest BCUT2D eigenvalue weighted by Crippen LogP contribution is 2.11. The number of ether oxygens (including phenoxy) is 1. The van der Waals surface area contributed by atoms with Crippen molar-refractivity contribution in [3.8, 4) is 5.75 Å². The van der Waals surface area contributed by atoms with E-state index in [2.05, 4.69) is 5.16 Å². The molecule has 5 nitrogen and oxygen atoms in total. The number of nitrogens with zero attached hydrogens (tertiary/aromatic N) is 1. The zero-order chi connectivity index (χ0) is 15.9. The van der Waals surface area contributed by atoms with E-state index in [0.717, 1.165) is 5.56 Å². The summed E-state index contributed by atoms with van der Waals surface area (Å²) in [5.74, 6) is 0.0232. The summed E-state index contributed by atoms with van der Waals surface area (Å²) in [5.41, 5.74) is 7.42. The Morgan fingerprint density at radius 3 is 2.41 bits per heavy atom. The molecule has 22 heavy (non-hydrogen) atoms. The molecular weight excluding hydrogens is 304 g/mol. The van der Waals surface area contributed by atoms with E-state index in [1.807, 2.05) is 19.1 Å². The minimum absolute atomic E-state index is 0.0837. The first kappa shape index (κ1) is 15.9. The molecule has 2 aromatic rings. The van der Waals surface area contributed by atoms with Crippen LogP contribution in [0.5, 0.6) is 5.75 Å². The van der Waals surface area contributed by atoms with Gasteiger partial charge in [-0.25, -0.2) is 4.79 Å². The Morgan fingerprint density at radius 1 is 1.14 bits per heavy atom. The molecule has 0 saturated heterocycles. The number of aryl methyl sites for hydroxylation is 1. The van der Waals surface area contributed by atoms with Crippen LogP contribution in [0.15, 0.2) is 53.7 Å². The maximum atomic E-state index is 11.5. The van der Waals surface area contributed by atoms with Crippen molar-refractivity contribution in [2.45, 2.75) is 6.92 Å². The highest BCUT2D eigenvalue weighted by atomic mass is 35.5. The van der Waals surface area contributed by atoms with Gasteiger partial charge in [-0.05, 0) is 43.3 Å². The molecule has 0 fully saturated rings. The lowest BCUT2D eigenvalue weighted by Gasteiger charge is -2.05. The van der Waals surface area contributed by atoms with Gasteiger partial charge in [0.15, 0.2) is 12.4 Å². The van der Waals surface area contributed by atoms with Gasteiger partial charge in [0.2, 0.25) is 0 Å². The Kier molecular flexibility index (Phi) is 5.38. The number of carbonyl (C=O) groups is 1. The smallest absolute Gasteiger partial charge is 0.372 e. The number of halogens is 1. The molecule has 0 spiro atoms. The Morgan fingerprint density at radius 2 is 1.77 bits per heavy atom.